The number of nitrogens with one attached hydrogen (secondary N) is 2. The van der Waals surface area contributed by atoms with Crippen molar-refractivity contribution in [3.05, 3.63) is 42.5 Å². The fourth-order valence-electron chi connectivity index (χ4n) is 2.19. The van der Waals surface area contributed by atoms with E-state index in [-0.39, 0.29) is 0 Å². The van der Waals surface area contributed by atoms with Crippen molar-refractivity contribution >= 4 is 5.96 Å². The molecule has 2 aromatic rings. The molecule has 1 aromatic heterocycles. The van der Waals surface area contributed by atoms with Gasteiger partial charge in [-0.05, 0) is 31.0 Å². The maximum atomic E-state index is 4.63. The van der Waals surface area contributed by atoms with Gasteiger partial charge in [-0.25, -0.2) is 14.7 Å². The first-order valence-electron chi connectivity index (χ1n) is 8.29. The Labute approximate surface area is 138 Å². The van der Waals surface area contributed by atoms with Crippen LogP contribution in [-0.4, -0.2) is 33.8 Å². The summed E-state index contributed by atoms with van der Waals surface area (Å²) in [6, 6.07) is 8.20. The van der Waals surface area contributed by atoms with E-state index in [2.05, 4.69) is 51.7 Å². The van der Waals surface area contributed by atoms with Gasteiger partial charge in [0.05, 0.1) is 12.2 Å². The van der Waals surface area contributed by atoms with Crippen molar-refractivity contribution in [1.29, 1.82) is 0 Å². The summed E-state index contributed by atoms with van der Waals surface area (Å²) >= 11 is 0. The molecule has 0 radical (unpaired) electrons. The number of nitrogens with zero attached hydrogens (tertiary/aromatic N) is 4. The van der Waals surface area contributed by atoms with Crippen molar-refractivity contribution in [1.82, 2.24) is 25.4 Å². The highest BCUT2D eigenvalue weighted by atomic mass is 15.3. The van der Waals surface area contributed by atoms with Crippen molar-refractivity contribution in [3.8, 4) is 5.69 Å². The van der Waals surface area contributed by atoms with Gasteiger partial charge in [0, 0.05) is 13.1 Å². The molecule has 0 aliphatic rings. The monoisotopic (exact) mass is 314 g/mol. The van der Waals surface area contributed by atoms with Crippen LogP contribution in [0.15, 0.2) is 41.9 Å². The van der Waals surface area contributed by atoms with E-state index >= 15 is 0 Å². The quantitative estimate of drug-likeness (QED) is 0.446. The minimum absolute atomic E-state index is 0.654. The number of hydrogen-bond donors (Lipinski definition) is 2. The molecule has 0 spiro atoms. The molecule has 1 aromatic carbocycles. The third-order valence-corrected chi connectivity index (χ3v) is 3.46. The van der Waals surface area contributed by atoms with Gasteiger partial charge in [0.15, 0.2) is 5.96 Å². The molecule has 0 atom stereocenters. The number of benzene rings is 1. The van der Waals surface area contributed by atoms with Crippen molar-refractivity contribution in [2.45, 2.75) is 39.7 Å². The van der Waals surface area contributed by atoms with Gasteiger partial charge in [-0.15, -0.1) is 0 Å². The second-order valence-electron chi connectivity index (χ2n) is 5.34. The zero-order valence-electron chi connectivity index (χ0n) is 14.0. The summed E-state index contributed by atoms with van der Waals surface area (Å²) in [7, 11) is 0. The molecule has 6 nitrogen and oxygen atoms in total. The van der Waals surface area contributed by atoms with Crippen LogP contribution in [0.5, 0.6) is 0 Å². The number of hydrogen-bond acceptors (Lipinski definition) is 3. The van der Waals surface area contributed by atoms with Crippen LogP contribution in [0.3, 0.4) is 0 Å². The molecule has 0 unspecified atom stereocenters. The lowest BCUT2D eigenvalue weighted by molar-refractivity contribution is 0.683. The standard InChI is InChI=1S/C17H26N6/c1-3-5-6-11-20-17(19-4-2)21-12-15-7-9-16(10-8-15)23-14-18-13-22-23/h7-10,13-14H,3-6,11-12H2,1-2H3,(H2,19,20,21). The Balaban J connectivity index is 1.90. The topological polar surface area (TPSA) is 67.1 Å². The first-order chi connectivity index (χ1) is 11.3. The number of aliphatic imine (C=N–C) groups is 1. The highest BCUT2D eigenvalue weighted by Crippen LogP contribution is 2.08. The smallest absolute Gasteiger partial charge is 0.191 e. The predicted molar refractivity (Wildman–Crippen MR) is 93.7 cm³/mol. The molecule has 2 rings (SSSR count). The molecule has 2 N–H and O–H groups in total. The SMILES string of the molecule is CCCCCNC(=NCc1ccc(-n2cncn2)cc1)NCC. The Hall–Kier alpha value is -2.37. The first kappa shape index (κ1) is 17.0. The Morgan fingerprint density at radius 1 is 1.13 bits per heavy atom. The van der Waals surface area contributed by atoms with Crippen molar-refractivity contribution in [2.75, 3.05) is 13.1 Å². The Morgan fingerprint density at radius 2 is 1.96 bits per heavy atom. The Kier molecular flexibility index (Phi) is 7.10. The highest BCUT2D eigenvalue weighted by molar-refractivity contribution is 5.79. The van der Waals surface area contributed by atoms with E-state index in [9.17, 15) is 0 Å². The predicted octanol–water partition coefficient (Wildman–Crippen LogP) is 2.51. The summed E-state index contributed by atoms with van der Waals surface area (Å²) in [5.41, 5.74) is 2.17. The molecule has 0 saturated heterocycles. The van der Waals surface area contributed by atoms with Gasteiger partial charge >= 0.3 is 0 Å². The van der Waals surface area contributed by atoms with Gasteiger partial charge in [-0.3, -0.25) is 0 Å². The number of guanidine groups is 1. The van der Waals surface area contributed by atoms with Crippen LogP contribution in [0.4, 0.5) is 0 Å². The Bertz CT molecular complexity index is 574. The van der Waals surface area contributed by atoms with Crippen LogP contribution in [0.1, 0.15) is 38.7 Å². The minimum atomic E-state index is 0.654. The van der Waals surface area contributed by atoms with E-state index in [1.54, 1.807) is 11.0 Å². The van der Waals surface area contributed by atoms with Gasteiger partial charge in [0.1, 0.15) is 12.7 Å². The van der Waals surface area contributed by atoms with Gasteiger partial charge < -0.3 is 10.6 Å². The lowest BCUT2D eigenvalue weighted by Crippen LogP contribution is -2.37. The Morgan fingerprint density at radius 3 is 2.61 bits per heavy atom. The summed E-state index contributed by atoms with van der Waals surface area (Å²) in [5, 5.41) is 10.8. The molecule has 0 amide bonds. The summed E-state index contributed by atoms with van der Waals surface area (Å²) in [6.45, 7) is 6.77. The number of aromatic nitrogens is 3. The maximum Gasteiger partial charge on any atom is 0.191 e. The molecule has 0 aliphatic heterocycles. The zero-order valence-corrected chi connectivity index (χ0v) is 14.0. The van der Waals surface area contributed by atoms with E-state index in [0.717, 1.165) is 24.7 Å². The third kappa shape index (κ3) is 5.73. The highest BCUT2D eigenvalue weighted by Gasteiger charge is 1.99. The summed E-state index contributed by atoms with van der Waals surface area (Å²) in [5.74, 6) is 0.879. The van der Waals surface area contributed by atoms with Crippen molar-refractivity contribution in [3.63, 3.8) is 0 Å². The average Bonchev–Trinajstić information content (AvgIpc) is 3.11. The molecule has 1 heterocycles. The van der Waals surface area contributed by atoms with E-state index in [0.29, 0.717) is 6.54 Å². The van der Waals surface area contributed by atoms with E-state index in [1.807, 2.05) is 12.1 Å². The van der Waals surface area contributed by atoms with Crippen LogP contribution >= 0.6 is 0 Å². The molecule has 0 bridgehead atoms. The lowest BCUT2D eigenvalue weighted by Gasteiger charge is -2.11. The fraction of sp³-hybridized carbons (Fsp3) is 0.471. The second kappa shape index (κ2) is 9.61. The normalized spacial score (nSPS) is 11.5. The minimum Gasteiger partial charge on any atom is -0.357 e. The maximum absolute atomic E-state index is 4.63. The van der Waals surface area contributed by atoms with Gasteiger partial charge in [0.2, 0.25) is 0 Å². The molecule has 0 aliphatic carbocycles. The molecule has 0 fully saturated rings. The van der Waals surface area contributed by atoms with Crippen LogP contribution in [0, 0.1) is 0 Å². The summed E-state index contributed by atoms with van der Waals surface area (Å²) in [6.07, 6.45) is 6.87. The second-order valence-corrected chi connectivity index (χ2v) is 5.34. The van der Waals surface area contributed by atoms with E-state index in [1.165, 1.54) is 31.2 Å². The van der Waals surface area contributed by atoms with Crippen molar-refractivity contribution < 1.29 is 0 Å². The van der Waals surface area contributed by atoms with Crippen LogP contribution in [0.2, 0.25) is 0 Å². The molecule has 124 valence electrons. The average molecular weight is 314 g/mol. The van der Waals surface area contributed by atoms with Crippen LogP contribution in [0.25, 0.3) is 5.69 Å². The van der Waals surface area contributed by atoms with Gasteiger partial charge in [0.25, 0.3) is 0 Å². The third-order valence-electron chi connectivity index (χ3n) is 3.46. The van der Waals surface area contributed by atoms with Gasteiger partial charge in [-0.2, -0.15) is 5.10 Å². The first-order valence-corrected chi connectivity index (χ1v) is 8.29. The molecule has 23 heavy (non-hydrogen) atoms. The summed E-state index contributed by atoms with van der Waals surface area (Å²) < 4.78 is 1.74. The largest absolute Gasteiger partial charge is 0.357 e. The molecule has 6 heteroatoms. The van der Waals surface area contributed by atoms with Crippen molar-refractivity contribution in [2.24, 2.45) is 4.99 Å². The number of rotatable bonds is 8. The molecular formula is C17H26N6. The van der Waals surface area contributed by atoms with E-state index < -0.39 is 0 Å². The molecular weight excluding hydrogens is 288 g/mol. The van der Waals surface area contributed by atoms with E-state index in [4.69, 9.17) is 0 Å². The van der Waals surface area contributed by atoms with Crippen LogP contribution < -0.4 is 10.6 Å². The molecule has 0 saturated carbocycles. The fourth-order valence-corrected chi connectivity index (χ4v) is 2.19. The summed E-state index contributed by atoms with van der Waals surface area (Å²) in [4.78, 5) is 8.59. The van der Waals surface area contributed by atoms with Crippen LogP contribution in [-0.2, 0) is 6.54 Å². The zero-order chi connectivity index (χ0) is 16.3. The van der Waals surface area contributed by atoms with Gasteiger partial charge in [-0.1, -0.05) is 31.9 Å². The number of unbranched alkanes of at least 4 members (excludes halogenated alkanes) is 2. The lowest BCUT2D eigenvalue weighted by atomic mass is 10.2.